The summed E-state index contributed by atoms with van der Waals surface area (Å²) in [6.07, 6.45) is 1.51. The zero-order valence-electron chi connectivity index (χ0n) is 10.8. The number of rotatable bonds is 4. The van der Waals surface area contributed by atoms with E-state index < -0.39 is 0 Å². The Bertz CT molecular complexity index is 602. The molecule has 96 valence electrons. The van der Waals surface area contributed by atoms with E-state index in [-0.39, 0.29) is 6.04 Å². The summed E-state index contributed by atoms with van der Waals surface area (Å²) in [6.45, 7) is 3.99. The first kappa shape index (κ1) is 12.8. The van der Waals surface area contributed by atoms with Crippen LogP contribution in [-0.4, -0.2) is 21.2 Å². The fourth-order valence-electron chi connectivity index (χ4n) is 1.51. The summed E-state index contributed by atoms with van der Waals surface area (Å²) in [5, 5.41) is 22.9. The van der Waals surface area contributed by atoms with Gasteiger partial charge in [0.25, 0.3) is 0 Å². The molecule has 6 nitrogen and oxygen atoms in total. The zero-order valence-corrected chi connectivity index (χ0v) is 10.8. The Morgan fingerprint density at radius 1 is 1.26 bits per heavy atom. The summed E-state index contributed by atoms with van der Waals surface area (Å²) < 4.78 is 0. The minimum atomic E-state index is 0.225. The van der Waals surface area contributed by atoms with Crippen molar-refractivity contribution in [3.8, 4) is 6.07 Å². The third kappa shape index (κ3) is 3.39. The van der Waals surface area contributed by atoms with Crippen LogP contribution in [0.15, 0.2) is 30.5 Å². The van der Waals surface area contributed by atoms with Gasteiger partial charge in [-0.1, -0.05) is 12.1 Å². The summed E-state index contributed by atoms with van der Waals surface area (Å²) >= 11 is 0. The second kappa shape index (κ2) is 5.78. The first-order valence-corrected chi connectivity index (χ1v) is 5.91. The summed E-state index contributed by atoms with van der Waals surface area (Å²) in [7, 11) is 0. The van der Waals surface area contributed by atoms with Crippen LogP contribution in [0.3, 0.4) is 0 Å². The highest BCUT2D eigenvalue weighted by atomic mass is 15.3. The molecule has 0 aliphatic rings. The first-order valence-electron chi connectivity index (χ1n) is 5.91. The quantitative estimate of drug-likeness (QED) is 0.870. The Hall–Kier alpha value is -2.68. The van der Waals surface area contributed by atoms with Crippen molar-refractivity contribution >= 4 is 17.5 Å². The molecular weight excluding hydrogens is 240 g/mol. The smallest absolute Gasteiger partial charge is 0.244 e. The van der Waals surface area contributed by atoms with Crippen LogP contribution >= 0.6 is 0 Å². The predicted molar refractivity (Wildman–Crippen MR) is 73.0 cm³/mol. The molecule has 0 aliphatic heterocycles. The number of anilines is 3. The normalized spacial score (nSPS) is 10.0. The number of hydrogen-bond donors (Lipinski definition) is 2. The number of aromatic nitrogens is 3. The molecule has 19 heavy (non-hydrogen) atoms. The highest BCUT2D eigenvalue weighted by molar-refractivity contribution is 5.64. The lowest BCUT2D eigenvalue weighted by Gasteiger charge is -2.10. The van der Waals surface area contributed by atoms with Crippen molar-refractivity contribution in [1.29, 1.82) is 5.26 Å². The molecule has 1 aromatic heterocycles. The molecule has 2 aromatic rings. The number of nitriles is 1. The lowest BCUT2D eigenvalue weighted by molar-refractivity contribution is 0.852. The van der Waals surface area contributed by atoms with Gasteiger partial charge >= 0.3 is 0 Å². The largest absolute Gasteiger partial charge is 0.351 e. The van der Waals surface area contributed by atoms with E-state index >= 15 is 0 Å². The second-order valence-electron chi connectivity index (χ2n) is 4.25. The van der Waals surface area contributed by atoms with Crippen molar-refractivity contribution in [2.45, 2.75) is 19.9 Å². The van der Waals surface area contributed by atoms with Crippen LogP contribution in [0.25, 0.3) is 0 Å². The predicted octanol–water partition coefficient (Wildman–Crippen LogP) is 2.31. The molecular formula is C13H14N6. The van der Waals surface area contributed by atoms with Crippen molar-refractivity contribution in [3.05, 3.63) is 36.0 Å². The zero-order chi connectivity index (χ0) is 13.7. The maximum absolute atomic E-state index is 9.02. The van der Waals surface area contributed by atoms with E-state index in [0.29, 0.717) is 23.0 Å². The minimum absolute atomic E-state index is 0.225. The maximum Gasteiger partial charge on any atom is 0.244 e. The SMILES string of the molecule is CC(C)Nc1nncc(Nc2ccccc2C#N)n1. The maximum atomic E-state index is 9.02. The van der Waals surface area contributed by atoms with Gasteiger partial charge in [-0.15, -0.1) is 5.10 Å². The molecule has 0 spiro atoms. The number of nitrogens with one attached hydrogen (secondary N) is 2. The average Bonchev–Trinajstić information content (AvgIpc) is 2.39. The molecule has 0 fully saturated rings. The van der Waals surface area contributed by atoms with Gasteiger partial charge in [-0.05, 0) is 26.0 Å². The van der Waals surface area contributed by atoms with Gasteiger partial charge in [-0.25, -0.2) is 0 Å². The Labute approximate surface area is 111 Å². The second-order valence-corrected chi connectivity index (χ2v) is 4.25. The third-order valence-electron chi connectivity index (χ3n) is 2.29. The Morgan fingerprint density at radius 3 is 2.79 bits per heavy atom. The molecule has 0 bridgehead atoms. The van der Waals surface area contributed by atoms with Gasteiger partial charge in [0.1, 0.15) is 6.07 Å². The fourth-order valence-corrected chi connectivity index (χ4v) is 1.51. The van der Waals surface area contributed by atoms with E-state index in [1.165, 1.54) is 6.20 Å². The lowest BCUT2D eigenvalue weighted by Crippen LogP contribution is -2.13. The third-order valence-corrected chi connectivity index (χ3v) is 2.29. The Kier molecular flexibility index (Phi) is 3.88. The minimum Gasteiger partial charge on any atom is -0.351 e. The molecule has 0 saturated heterocycles. The van der Waals surface area contributed by atoms with Crippen molar-refractivity contribution in [2.75, 3.05) is 10.6 Å². The van der Waals surface area contributed by atoms with Gasteiger partial charge in [0, 0.05) is 6.04 Å². The Morgan fingerprint density at radius 2 is 2.05 bits per heavy atom. The van der Waals surface area contributed by atoms with Crippen LogP contribution in [0.2, 0.25) is 0 Å². The van der Waals surface area contributed by atoms with Gasteiger partial charge in [-0.2, -0.15) is 15.3 Å². The topological polar surface area (TPSA) is 86.5 Å². The van der Waals surface area contributed by atoms with Crippen LogP contribution in [0, 0.1) is 11.3 Å². The van der Waals surface area contributed by atoms with Crippen molar-refractivity contribution in [2.24, 2.45) is 0 Å². The van der Waals surface area contributed by atoms with Crippen molar-refractivity contribution < 1.29 is 0 Å². The lowest BCUT2D eigenvalue weighted by atomic mass is 10.2. The molecule has 1 heterocycles. The molecule has 1 aromatic carbocycles. The van der Waals surface area contributed by atoms with Gasteiger partial charge < -0.3 is 10.6 Å². The molecule has 2 rings (SSSR count). The van der Waals surface area contributed by atoms with E-state index in [0.717, 1.165) is 0 Å². The van der Waals surface area contributed by atoms with Gasteiger partial charge in [0.05, 0.1) is 17.4 Å². The van der Waals surface area contributed by atoms with Crippen LogP contribution in [0.4, 0.5) is 17.5 Å². The average molecular weight is 254 g/mol. The van der Waals surface area contributed by atoms with Crippen LogP contribution in [0.5, 0.6) is 0 Å². The molecule has 0 radical (unpaired) electrons. The molecule has 6 heteroatoms. The van der Waals surface area contributed by atoms with E-state index in [1.807, 2.05) is 32.0 Å². The van der Waals surface area contributed by atoms with Crippen molar-refractivity contribution in [3.63, 3.8) is 0 Å². The molecule has 0 saturated carbocycles. The molecule has 0 atom stereocenters. The number of hydrogen-bond acceptors (Lipinski definition) is 6. The summed E-state index contributed by atoms with van der Waals surface area (Å²) in [5.41, 5.74) is 1.25. The monoisotopic (exact) mass is 254 g/mol. The highest BCUT2D eigenvalue weighted by Gasteiger charge is 2.05. The number of para-hydroxylation sites is 1. The van der Waals surface area contributed by atoms with E-state index in [2.05, 4.69) is 31.9 Å². The molecule has 0 amide bonds. The summed E-state index contributed by atoms with van der Waals surface area (Å²) in [5.74, 6) is 0.996. The highest BCUT2D eigenvalue weighted by Crippen LogP contribution is 2.18. The summed E-state index contributed by atoms with van der Waals surface area (Å²) in [4.78, 5) is 4.28. The molecule has 0 aliphatic carbocycles. The van der Waals surface area contributed by atoms with E-state index in [1.54, 1.807) is 6.07 Å². The fraction of sp³-hybridized carbons (Fsp3) is 0.231. The standard InChI is InChI=1S/C13H14N6/c1-9(2)16-13-18-12(8-15-19-13)17-11-6-4-3-5-10(11)7-14/h3-6,8-9H,1-2H3,(H2,16,17,18,19). The van der Waals surface area contributed by atoms with Crippen LogP contribution in [0.1, 0.15) is 19.4 Å². The van der Waals surface area contributed by atoms with Crippen molar-refractivity contribution in [1.82, 2.24) is 15.2 Å². The van der Waals surface area contributed by atoms with Gasteiger partial charge in [-0.3, -0.25) is 0 Å². The number of nitrogens with zero attached hydrogens (tertiary/aromatic N) is 4. The summed E-state index contributed by atoms with van der Waals surface area (Å²) in [6, 6.07) is 9.57. The van der Waals surface area contributed by atoms with E-state index in [4.69, 9.17) is 5.26 Å². The number of benzene rings is 1. The van der Waals surface area contributed by atoms with Crippen LogP contribution < -0.4 is 10.6 Å². The molecule has 0 unspecified atom stereocenters. The van der Waals surface area contributed by atoms with Gasteiger partial charge in [0.2, 0.25) is 5.95 Å². The van der Waals surface area contributed by atoms with E-state index in [9.17, 15) is 0 Å². The van der Waals surface area contributed by atoms with Gasteiger partial charge in [0.15, 0.2) is 5.82 Å². The Balaban J connectivity index is 2.22. The molecule has 2 N–H and O–H groups in total. The first-order chi connectivity index (χ1) is 9.19. The van der Waals surface area contributed by atoms with Crippen LogP contribution in [-0.2, 0) is 0 Å².